The molecule has 1 atom stereocenters. The summed E-state index contributed by atoms with van der Waals surface area (Å²) >= 11 is 0. The fourth-order valence-electron chi connectivity index (χ4n) is 1.62. The van der Waals surface area contributed by atoms with Gasteiger partial charge in [-0.2, -0.15) is 0 Å². The lowest BCUT2D eigenvalue weighted by molar-refractivity contribution is 0.0909. The summed E-state index contributed by atoms with van der Waals surface area (Å²) in [6.07, 6.45) is 0.754. The highest BCUT2D eigenvalue weighted by Crippen LogP contribution is 2.22. The maximum absolute atomic E-state index is 13.9. The summed E-state index contributed by atoms with van der Waals surface area (Å²) in [4.78, 5) is 12.1. The first kappa shape index (κ1) is 17.4. The third kappa shape index (κ3) is 4.69. The van der Waals surface area contributed by atoms with E-state index in [0.717, 1.165) is 18.6 Å². The summed E-state index contributed by atoms with van der Waals surface area (Å²) in [6, 6.07) is 2.01. The highest BCUT2D eigenvalue weighted by molar-refractivity contribution is 5.94. The van der Waals surface area contributed by atoms with E-state index >= 15 is 0 Å². The highest BCUT2D eigenvalue weighted by atomic mass is 19.1. The Bertz CT molecular complexity index is 486. The number of rotatable bonds is 5. The number of hydrogen-bond donors (Lipinski definition) is 2. The molecule has 118 valence electrons. The zero-order chi connectivity index (χ0) is 16.2. The molecule has 1 aromatic carbocycles. The van der Waals surface area contributed by atoms with E-state index in [-0.39, 0.29) is 22.7 Å². The molecule has 1 rings (SSSR count). The summed E-state index contributed by atoms with van der Waals surface area (Å²) in [5.74, 6) is -1.98. The van der Waals surface area contributed by atoms with Gasteiger partial charge in [0.25, 0.3) is 5.91 Å². The Morgan fingerprint density at radius 2 is 1.76 bits per heavy atom. The molecule has 1 aromatic rings. The molecule has 21 heavy (non-hydrogen) atoms. The van der Waals surface area contributed by atoms with Crippen molar-refractivity contribution < 1.29 is 13.6 Å². The maximum Gasteiger partial charge on any atom is 0.251 e. The molecule has 1 unspecified atom stereocenters. The molecule has 2 N–H and O–H groups in total. The molecule has 0 heterocycles. The van der Waals surface area contributed by atoms with Gasteiger partial charge in [-0.15, -0.1) is 0 Å². The number of amides is 1. The van der Waals surface area contributed by atoms with E-state index in [1.165, 1.54) is 0 Å². The van der Waals surface area contributed by atoms with Gasteiger partial charge in [0.2, 0.25) is 0 Å². The normalized spacial score (nSPS) is 12.9. The maximum atomic E-state index is 13.9. The van der Waals surface area contributed by atoms with E-state index < -0.39 is 17.5 Å². The van der Waals surface area contributed by atoms with Gasteiger partial charge in [0.1, 0.15) is 17.3 Å². The van der Waals surface area contributed by atoms with Crippen LogP contribution in [0.3, 0.4) is 0 Å². The molecule has 0 aliphatic carbocycles. The Hall–Kier alpha value is -1.65. The van der Waals surface area contributed by atoms with Crippen LogP contribution in [0.5, 0.6) is 0 Å². The Balaban J connectivity index is 2.92. The molecular formula is C16H24F2N2O. The van der Waals surface area contributed by atoms with Gasteiger partial charge in [-0.05, 0) is 30.9 Å². The van der Waals surface area contributed by atoms with E-state index in [4.69, 9.17) is 0 Å². The minimum Gasteiger partial charge on any atom is -0.380 e. The summed E-state index contributed by atoms with van der Waals surface area (Å²) in [7, 11) is 0. The van der Waals surface area contributed by atoms with Gasteiger partial charge >= 0.3 is 0 Å². The Kier molecular flexibility index (Phi) is 5.70. The molecule has 0 bridgehead atoms. The Morgan fingerprint density at radius 3 is 2.19 bits per heavy atom. The Labute approximate surface area is 125 Å². The fourth-order valence-corrected chi connectivity index (χ4v) is 1.62. The minimum atomic E-state index is -0.753. The van der Waals surface area contributed by atoms with Crippen molar-refractivity contribution in [3.63, 3.8) is 0 Å². The van der Waals surface area contributed by atoms with Gasteiger partial charge in [-0.1, -0.05) is 27.7 Å². The molecule has 0 spiro atoms. The van der Waals surface area contributed by atoms with Gasteiger partial charge < -0.3 is 10.6 Å². The predicted molar refractivity (Wildman–Crippen MR) is 81.5 cm³/mol. The lowest BCUT2D eigenvalue weighted by atomic mass is 9.88. The van der Waals surface area contributed by atoms with E-state index in [0.29, 0.717) is 6.54 Å². The molecule has 0 saturated carbocycles. The molecule has 0 aromatic heterocycles. The van der Waals surface area contributed by atoms with Crippen LogP contribution < -0.4 is 10.6 Å². The number of halogens is 2. The summed E-state index contributed by atoms with van der Waals surface area (Å²) in [5, 5.41) is 5.44. The second kappa shape index (κ2) is 6.87. The van der Waals surface area contributed by atoms with E-state index in [2.05, 4.69) is 10.6 Å². The van der Waals surface area contributed by atoms with Crippen LogP contribution in [0.2, 0.25) is 0 Å². The van der Waals surface area contributed by atoms with Crippen LogP contribution in [-0.2, 0) is 0 Å². The standard InChI is InChI=1S/C16H24F2N2O/c1-6-7-19-14-12(17)8-11(9-13(14)18)15(21)20-10(2)16(3,4)5/h8-10,19H,6-7H2,1-5H3,(H,20,21). The number of carbonyl (C=O) groups is 1. The van der Waals surface area contributed by atoms with Crippen molar-refractivity contribution in [1.29, 1.82) is 0 Å². The molecular weight excluding hydrogens is 274 g/mol. The number of carbonyl (C=O) groups excluding carboxylic acids is 1. The van der Waals surface area contributed by atoms with Gasteiger partial charge in [0.15, 0.2) is 0 Å². The summed E-state index contributed by atoms with van der Waals surface area (Å²) in [5.41, 5.74) is -0.324. The van der Waals surface area contributed by atoms with E-state index in [9.17, 15) is 13.6 Å². The van der Waals surface area contributed by atoms with Gasteiger partial charge in [0, 0.05) is 18.2 Å². The van der Waals surface area contributed by atoms with Crippen LogP contribution in [0.15, 0.2) is 12.1 Å². The zero-order valence-electron chi connectivity index (χ0n) is 13.3. The second-order valence-corrected chi connectivity index (χ2v) is 6.30. The first-order chi connectivity index (χ1) is 9.66. The number of nitrogens with one attached hydrogen (secondary N) is 2. The number of hydrogen-bond acceptors (Lipinski definition) is 2. The van der Waals surface area contributed by atoms with Crippen LogP contribution in [0.25, 0.3) is 0 Å². The SMILES string of the molecule is CCCNc1c(F)cc(C(=O)NC(C)C(C)(C)C)cc1F. The minimum absolute atomic E-state index is 0.0110. The molecule has 1 amide bonds. The largest absolute Gasteiger partial charge is 0.380 e. The van der Waals surface area contributed by atoms with Crippen LogP contribution in [0.4, 0.5) is 14.5 Å². The quantitative estimate of drug-likeness (QED) is 0.864. The molecule has 0 aliphatic rings. The predicted octanol–water partition coefficient (Wildman–Crippen LogP) is 3.95. The number of benzene rings is 1. The van der Waals surface area contributed by atoms with Crippen molar-refractivity contribution >= 4 is 11.6 Å². The van der Waals surface area contributed by atoms with Crippen molar-refractivity contribution in [3.05, 3.63) is 29.3 Å². The van der Waals surface area contributed by atoms with Crippen molar-refractivity contribution in [1.82, 2.24) is 5.32 Å². The topological polar surface area (TPSA) is 41.1 Å². The lowest BCUT2D eigenvalue weighted by Gasteiger charge is -2.28. The smallest absolute Gasteiger partial charge is 0.251 e. The molecule has 0 fully saturated rings. The summed E-state index contributed by atoms with van der Waals surface area (Å²) < 4.78 is 27.8. The van der Waals surface area contributed by atoms with Crippen LogP contribution in [0, 0.1) is 17.0 Å². The number of anilines is 1. The fraction of sp³-hybridized carbons (Fsp3) is 0.562. The Morgan fingerprint density at radius 1 is 1.24 bits per heavy atom. The monoisotopic (exact) mass is 298 g/mol. The average Bonchev–Trinajstić information content (AvgIpc) is 2.36. The third-order valence-electron chi connectivity index (χ3n) is 3.50. The first-order valence-electron chi connectivity index (χ1n) is 7.20. The molecule has 5 heteroatoms. The first-order valence-corrected chi connectivity index (χ1v) is 7.20. The van der Waals surface area contributed by atoms with Crippen molar-refractivity contribution in [2.45, 2.75) is 47.1 Å². The van der Waals surface area contributed by atoms with Crippen LogP contribution >= 0.6 is 0 Å². The van der Waals surface area contributed by atoms with Gasteiger partial charge in [-0.3, -0.25) is 4.79 Å². The van der Waals surface area contributed by atoms with Gasteiger partial charge in [0.05, 0.1) is 0 Å². The molecule has 3 nitrogen and oxygen atoms in total. The van der Waals surface area contributed by atoms with Crippen molar-refractivity contribution in [3.8, 4) is 0 Å². The average molecular weight is 298 g/mol. The van der Waals surface area contributed by atoms with Gasteiger partial charge in [-0.25, -0.2) is 8.78 Å². The van der Waals surface area contributed by atoms with E-state index in [1.807, 2.05) is 34.6 Å². The highest BCUT2D eigenvalue weighted by Gasteiger charge is 2.23. The van der Waals surface area contributed by atoms with E-state index in [1.54, 1.807) is 0 Å². The molecule has 0 aliphatic heterocycles. The molecule has 0 radical (unpaired) electrons. The summed E-state index contributed by atoms with van der Waals surface area (Å²) in [6.45, 7) is 10.2. The lowest BCUT2D eigenvalue weighted by Crippen LogP contribution is -2.41. The molecule has 0 saturated heterocycles. The van der Waals surface area contributed by atoms with Crippen LogP contribution in [-0.4, -0.2) is 18.5 Å². The van der Waals surface area contributed by atoms with Crippen LogP contribution in [0.1, 0.15) is 51.4 Å². The van der Waals surface area contributed by atoms with Crippen molar-refractivity contribution in [2.24, 2.45) is 5.41 Å². The second-order valence-electron chi connectivity index (χ2n) is 6.30. The third-order valence-corrected chi connectivity index (χ3v) is 3.50. The zero-order valence-corrected chi connectivity index (χ0v) is 13.3. The van der Waals surface area contributed by atoms with Crippen molar-refractivity contribution in [2.75, 3.05) is 11.9 Å².